The van der Waals surface area contributed by atoms with Gasteiger partial charge in [-0.3, -0.25) is 4.90 Å². The van der Waals surface area contributed by atoms with E-state index in [1.165, 1.54) is 24.4 Å². The van der Waals surface area contributed by atoms with Crippen LogP contribution in [0.25, 0.3) is 0 Å². The van der Waals surface area contributed by atoms with Crippen LogP contribution in [0.1, 0.15) is 29.7 Å². The molecule has 36 heavy (non-hydrogen) atoms. The Morgan fingerprint density at radius 2 is 1.64 bits per heavy atom. The van der Waals surface area contributed by atoms with Crippen LogP contribution in [0, 0.1) is 0 Å². The number of fused-ring (bicyclic) bond motifs is 1. The van der Waals surface area contributed by atoms with Crippen molar-refractivity contribution in [1.29, 1.82) is 0 Å². The van der Waals surface area contributed by atoms with E-state index >= 15 is 0 Å². The minimum absolute atomic E-state index is 0.266. The fraction of sp³-hybridized carbons (Fsp3) is 0.417. The molecule has 1 aromatic carbocycles. The van der Waals surface area contributed by atoms with Crippen molar-refractivity contribution in [3.05, 3.63) is 65.0 Å². The summed E-state index contributed by atoms with van der Waals surface area (Å²) in [6.45, 7) is 0.651. The first-order valence-corrected chi connectivity index (χ1v) is 11.6. The van der Waals surface area contributed by atoms with Gasteiger partial charge in [-0.15, -0.1) is 0 Å². The molecule has 3 aliphatic rings. The van der Waals surface area contributed by atoms with Crippen molar-refractivity contribution >= 4 is 17.5 Å². The number of benzene rings is 1. The molecule has 0 spiro atoms. The summed E-state index contributed by atoms with van der Waals surface area (Å²) >= 11 is 0. The molecule has 1 aliphatic carbocycles. The van der Waals surface area contributed by atoms with Gasteiger partial charge >= 0.3 is 12.4 Å². The fourth-order valence-corrected chi connectivity index (χ4v) is 4.36. The molecule has 1 fully saturated rings. The molecule has 0 amide bonds. The van der Waals surface area contributed by atoms with E-state index in [-0.39, 0.29) is 6.04 Å². The first-order valence-electron chi connectivity index (χ1n) is 11.6. The van der Waals surface area contributed by atoms with Crippen LogP contribution in [0.2, 0.25) is 0 Å². The van der Waals surface area contributed by atoms with Gasteiger partial charge in [0, 0.05) is 36.8 Å². The Balaban J connectivity index is 1.41. The van der Waals surface area contributed by atoms with Crippen LogP contribution in [0.15, 0.2) is 48.2 Å². The maximum atomic E-state index is 13.6. The molecule has 3 heterocycles. The van der Waals surface area contributed by atoms with Crippen molar-refractivity contribution in [2.75, 3.05) is 23.7 Å². The summed E-state index contributed by atoms with van der Waals surface area (Å²) in [5, 5.41) is 9.16. The van der Waals surface area contributed by atoms with E-state index in [4.69, 9.17) is 0 Å². The Kier molecular flexibility index (Phi) is 6.31. The van der Waals surface area contributed by atoms with Gasteiger partial charge in [0.2, 0.25) is 5.95 Å². The SMILES string of the molecule is FC(F)(F)C1=CC=CNC1N1CCc2nc(NC3CC3)nc(Nc3ccc(C(F)(F)F)cc3)c2CC1. The molecule has 5 rings (SSSR count). The van der Waals surface area contributed by atoms with E-state index in [0.29, 0.717) is 49.1 Å². The first-order chi connectivity index (χ1) is 17.1. The highest BCUT2D eigenvalue weighted by molar-refractivity contribution is 5.62. The van der Waals surface area contributed by atoms with Gasteiger partial charge in [0.15, 0.2) is 0 Å². The molecule has 0 radical (unpaired) electrons. The summed E-state index contributed by atoms with van der Waals surface area (Å²) in [5.74, 6) is 0.835. The average molecular weight is 510 g/mol. The number of nitrogens with zero attached hydrogens (tertiary/aromatic N) is 3. The van der Waals surface area contributed by atoms with Crippen LogP contribution < -0.4 is 16.0 Å². The summed E-state index contributed by atoms with van der Waals surface area (Å²) in [6, 6.07) is 4.89. The highest BCUT2D eigenvalue weighted by Crippen LogP contribution is 2.34. The highest BCUT2D eigenvalue weighted by atomic mass is 19.4. The van der Waals surface area contributed by atoms with Gasteiger partial charge in [-0.25, -0.2) is 4.98 Å². The third kappa shape index (κ3) is 5.43. The molecule has 2 aromatic rings. The zero-order valence-corrected chi connectivity index (χ0v) is 19.0. The monoisotopic (exact) mass is 510 g/mol. The Bertz CT molecular complexity index is 1170. The topological polar surface area (TPSA) is 65.1 Å². The van der Waals surface area contributed by atoms with E-state index in [2.05, 4.69) is 25.9 Å². The molecule has 192 valence electrons. The fourth-order valence-electron chi connectivity index (χ4n) is 4.36. The standard InChI is InChI=1S/C24H24F6N6/c25-23(26,27)14-3-5-15(6-4-14)32-20-17-9-12-36(21-18(24(28,29)30)2-1-11-31-21)13-10-19(17)34-22(35-20)33-16-7-8-16/h1-6,11,16,21,31H,7-10,12-13H2,(H2,32,33,34,35). The van der Waals surface area contributed by atoms with Crippen LogP contribution in [-0.4, -0.2) is 46.3 Å². The average Bonchev–Trinajstić information content (AvgIpc) is 3.65. The van der Waals surface area contributed by atoms with E-state index in [9.17, 15) is 26.3 Å². The van der Waals surface area contributed by atoms with Crippen molar-refractivity contribution < 1.29 is 26.3 Å². The number of nitrogens with one attached hydrogen (secondary N) is 3. The van der Waals surface area contributed by atoms with Gasteiger partial charge in [0.1, 0.15) is 12.0 Å². The molecule has 1 aromatic heterocycles. The molecule has 1 unspecified atom stereocenters. The Morgan fingerprint density at radius 3 is 2.31 bits per heavy atom. The third-order valence-corrected chi connectivity index (χ3v) is 6.38. The number of anilines is 3. The number of hydrogen-bond donors (Lipinski definition) is 3. The lowest BCUT2D eigenvalue weighted by Gasteiger charge is -2.34. The quantitative estimate of drug-likeness (QED) is 0.484. The van der Waals surface area contributed by atoms with Crippen molar-refractivity contribution in [3.63, 3.8) is 0 Å². The van der Waals surface area contributed by atoms with Crippen LogP contribution >= 0.6 is 0 Å². The molecule has 2 aliphatic heterocycles. The molecular formula is C24H24F6N6. The lowest BCUT2D eigenvalue weighted by molar-refractivity contribution is -0.137. The van der Waals surface area contributed by atoms with E-state index < -0.39 is 29.7 Å². The first kappa shape index (κ1) is 24.4. The summed E-state index contributed by atoms with van der Waals surface area (Å²) in [7, 11) is 0. The Hall–Kier alpha value is -3.28. The van der Waals surface area contributed by atoms with Crippen LogP contribution in [-0.2, 0) is 19.0 Å². The molecule has 0 bridgehead atoms. The molecular weight excluding hydrogens is 486 g/mol. The number of aromatic nitrogens is 2. The van der Waals surface area contributed by atoms with Crippen LogP contribution in [0.3, 0.4) is 0 Å². The van der Waals surface area contributed by atoms with Gasteiger partial charge in [0.25, 0.3) is 0 Å². The number of halogens is 6. The van der Waals surface area contributed by atoms with Gasteiger partial charge in [-0.05, 0) is 61.9 Å². The maximum absolute atomic E-state index is 13.6. The molecule has 6 nitrogen and oxygen atoms in total. The Labute approximate surface area is 203 Å². The molecule has 1 saturated carbocycles. The molecule has 1 atom stereocenters. The summed E-state index contributed by atoms with van der Waals surface area (Å²) in [6.07, 6.45) is -3.29. The third-order valence-electron chi connectivity index (χ3n) is 6.38. The Morgan fingerprint density at radius 1 is 0.917 bits per heavy atom. The maximum Gasteiger partial charge on any atom is 0.416 e. The lowest BCUT2D eigenvalue weighted by Crippen LogP contribution is -2.50. The lowest BCUT2D eigenvalue weighted by atomic mass is 10.1. The molecule has 3 N–H and O–H groups in total. The smallest absolute Gasteiger partial charge is 0.372 e. The van der Waals surface area contributed by atoms with Gasteiger partial charge in [-0.1, -0.05) is 0 Å². The van der Waals surface area contributed by atoms with Gasteiger partial charge in [-0.2, -0.15) is 31.3 Å². The zero-order valence-electron chi connectivity index (χ0n) is 19.0. The van der Waals surface area contributed by atoms with E-state index in [1.54, 1.807) is 4.90 Å². The zero-order chi connectivity index (χ0) is 25.5. The summed E-state index contributed by atoms with van der Waals surface area (Å²) < 4.78 is 79.7. The number of allylic oxidation sites excluding steroid dienone is 2. The number of dihydropyridines is 1. The normalized spacial score (nSPS) is 20.7. The largest absolute Gasteiger partial charge is 0.416 e. The van der Waals surface area contributed by atoms with Crippen LogP contribution in [0.5, 0.6) is 0 Å². The van der Waals surface area contributed by atoms with Crippen LogP contribution in [0.4, 0.5) is 43.8 Å². The van der Waals surface area contributed by atoms with E-state index in [1.807, 2.05) is 0 Å². The summed E-state index contributed by atoms with van der Waals surface area (Å²) in [4.78, 5) is 10.9. The number of rotatable bonds is 5. The van der Waals surface area contributed by atoms with Crippen molar-refractivity contribution in [2.45, 2.75) is 50.2 Å². The minimum Gasteiger partial charge on any atom is -0.372 e. The van der Waals surface area contributed by atoms with Gasteiger partial charge in [0.05, 0.1) is 16.8 Å². The second-order valence-electron chi connectivity index (χ2n) is 9.02. The number of hydrogen-bond acceptors (Lipinski definition) is 6. The molecule has 12 heteroatoms. The van der Waals surface area contributed by atoms with Gasteiger partial charge < -0.3 is 16.0 Å². The molecule has 0 saturated heterocycles. The van der Waals surface area contributed by atoms with Crippen molar-refractivity contribution in [3.8, 4) is 0 Å². The van der Waals surface area contributed by atoms with Crippen molar-refractivity contribution in [1.82, 2.24) is 20.2 Å². The second-order valence-corrected chi connectivity index (χ2v) is 9.02. The highest BCUT2D eigenvalue weighted by Gasteiger charge is 2.41. The minimum atomic E-state index is -4.47. The predicted octanol–water partition coefficient (Wildman–Crippen LogP) is 5.15. The van der Waals surface area contributed by atoms with Crippen molar-refractivity contribution in [2.24, 2.45) is 0 Å². The second kappa shape index (κ2) is 9.30. The number of alkyl halides is 6. The van der Waals surface area contributed by atoms with E-state index in [0.717, 1.165) is 36.6 Å². The predicted molar refractivity (Wildman–Crippen MR) is 123 cm³/mol. The summed E-state index contributed by atoms with van der Waals surface area (Å²) in [5.41, 5.74) is 0.436.